The molecule has 1 aliphatic rings. The molecule has 2 nitrogen and oxygen atoms in total. The van der Waals surface area contributed by atoms with Crippen LogP contribution in [0.3, 0.4) is 0 Å². The van der Waals surface area contributed by atoms with Crippen LogP contribution in [0.4, 0.5) is 4.39 Å². The number of piperidine rings is 1. The van der Waals surface area contributed by atoms with Crippen LogP contribution in [0.5, 0.6) is 0 Å². The summed E-state index contributed by atoms with van der Waals surface area (Å²) in [6.07, 6.45) is 5.73. The van der Waals surface area contributed by atoms with Crippen molar-refractivity contribution >= 4 is 0 Å². The van der Waals surface area contributed by atoms with E-state index in [9.17, 15) is 4.39 Å². The predicted octanol–water partition coefficient (Wildman–Crippen LogP) is 2.67. The normalized spacial score (nSPS) is 22.4. The van der Waals surface area contributed by atoms with E-state index < -0.39 is 6.17 Å². The van der Waals surface area contributed by atoms with Crippen molar-refractivity contribution in [3.05, 3.63) is 29.6 Å². The van der Waals surface area contributed by atoms with Gasteiger partial charge in [0.25, 0.3) is 0 Å². The van der Waals surface area contributed by atoms with E-state index in [0.29, 0.717) is 6.42 Å². The molecule has 1 N–H and O–H groups in total. The zero-order valence-electron chi connectivity index (χ0n) is 10.5. The Morgan fingerprint density at radius 2 is 2.35 bits per heavy atom. The van der Waals surface area contributed by atoms with Crippen molar-refractivity contribution in [2.75, 3.05) is 6.54 Å². The molecule has 94 valence electrons. The monoisotopic (exact) mass is 236 g/mol. The van der Waals surface area contributed by atoms with E-state index in [1.165, 1.54) is 12.0 Å². The first kappa shape index (κ1) is 12.5. The molecule has 0 aromatic carbocycles. The molecule has 0 aliphatic carbocycles. The molecule has 0 spiro atoms. The van der Waals surface area contributed by atoms with Gasteiger partial charge in [-0.3, -0.25) is 4.98 Å². The molecule has 0 bridgehead atoms. The molecule has 2 heterocycles. The van der Waals surface area contributed by atoms with Crippen LogP contribution in [0.2, 0.25) is 0 Å². The number of pyridine rings is 1. The van der Waals surface area contributed by atoms with Gasteiger partial charge in [0, 0.05) is 24.4 Å². The minimum atomic E-state index is -0.810. The first-order valence-corrected chi connectivity index (χ1v) is 6.61. The number of nitrogens with zero attached hydrogens (tertiary/aromatic N) is 1. The Morgan fingerprint density at radius 1 is 1.47 bits per heavy atom. The second kappa shape index (κ2) is 6.10. The molecule has 0 saturated carbocycles. The van der Waals surface area contributed by atoms with E-state index >= 15 is 0 Å². The molecule has 0 amide bonds. The zero-order chi connectivity index (χ0) is 12.1. The number of nitrogens with one attached hydrogen (secondary N) is 1. The van der Waals surface area contributed by atoms with Gasteiger partial charge in [0.15, 0.2) is 0 Å². The maximum atomic E-state index is 14.1. The third-order valence-electron chi connectivity index (χ3n) is 3.48. The molecule has 1 aromatic rings. The van der Waals surface area contributed by atoms with Crippen LogP contribution in [0.15, 0.2) is 18.3 Å². The van der Waals surface area contributed by atoms with E-state index in [4.69, 9.17) is 0 Å². The molecule has 1 fully saturated rings. The van der Waals surface area contributed by atoms with E-state index in [0.717, 1.165) is 31.5 Å². The number of rotatable bonds is 4. The van der Waals surface area contributed by atoms with Crippen molar-refractivity contribution in [3.8, 4) is 0 Å². The average Bonchev–Trinajstić information content (AvgIpc) is 2.40. The fourth-order valence-electron chi connectivity index (χ4n) is 2.31. The van der Waals surface area contributed by atoms with Gasteiger partial charge >= 0.3 is 0 Å². The highest BCUT2D eigenvalue weighted by molar-refractivity contribution is 5.14. The molecular weight excluding hydrogens is 215 g/mol. The van der Waals surface area contributed by atoms with Gasteiger partial charge < -0.3 is 5.32 Å². The zero-order valence-corrected chi connectivity index (χ0v) is 10.5. The van der Waals surface area contributed by atoms with Gasteiger partial charge in [-0.1, -0.05) is 19.4 Å². The maximum absolute atomic E-state index is 14.1. The van der Waals surface area contributed by atoms with Gasteiger partial charge in [-0.2, -0.15) is 0 Å². The summed E-state index contributed by atoms with van der Waals surface area (Å²) in [7, 11) is 0. The van der Waals surface area contributed by atoms with Gasteiger partial charge in [-0.05, 0) is 37.4 Å². The highest BCUT2D eigenvalue weighted by Gasteiger charge is 2.23. The molecule has 2 rings (SSSR count). The second-order valence-corrected chi connectivity index (χ2v) is 4.79. The Morgan fingerprint density at radius 3 is 2.94 bits per heavy atom. The SMILES string of the molecule is CCc1ccc(CC(F)C2CCCCN2)nc1. The van der Waals surface area contributed by atoms with Crippen molar-refractivity contribution in [2.24, 2.45) is 0 Å². The third-order valence-corrected chi connectivity index (χ3v) is 3.48. The summed E-state index contributed by atoms with van der Waals surface area (Å²) in [5.74, 6) is 0. The third kappa shape index (κ3) is 3.50. The summed E-state index contributed by atoms with van der Waals surface area (Å²) in [5, 5.41) is 3.26. The number of aryl methyl sites for hydroxylation is 1. The fourth-order valence-corrected chi connectivity index (χ4v) is 2.31. The van der Waals surface area contributed by atoms with Crippen LogP contribution in [-0.2, 0) is 12.8 Å². The predicted molar refractivity (Wildman–Crippen MR) is 67.9 cm³/mol. The summed E-state index contributed by atoms with van der Waals surface area (Å²) < 4.78 is 14.1. The number of halogens is 1. The number of hydrogen-bond acceptors (Lipinski definition) is 2. The highest BCUT2D eigenvalue weighted by Crippen LogP contribution is 2.16. The number of alkyl halides is 1. The minimum Gasteiger partial charge on any atom is -0.311 e. The van der Waals surface area contributed by atoms with Crippen molar-refractivity contribution in [1.82, 2.24) is 10.3 Å². The van der Waals surface area contributed by atoms with Crippen molar-refractivity contribution in [2.45, 2.75) is 51.2 Å². The van der Waals surface area contributed by atoms with Crippen LogP contribution < -0.4 is 5.32 Å². The Balaban J connectivity index is 1.89. The second-order valence-electron chi connectivity index (χ2n) is 4.79. The van der Waals surface area contributed by atoms with Gasteiger partial charge in [0.1, 0.15) is 6.17 Å². The lowest BCUT2D eigenvalue weighted by molar-refractivity contribution is 0.216. The van der Waals surface area contributed by atoms with Crippen LogP contribution in [0.1, 0.15) is 37.4 Å². The topological polar surface area (TPSA) is 24.9 Å². The minimum absolute atomic E-state index is 0.0244. The summed E-state index contributed by atoms with van der Waals surface area (Å²) in [6.45, 7) is 3.05. The Hall–Kier alpha value is -0.960. The molecule has 1 saturated heterocycles. The lowest BCUT2D eigenvalue weighted by Gasteiger charge is -2.26. The first-order chi connectivity index (χ1) is 8.29. The fraction of sp³-hybridized carbons (Fsp3) is 0.643. The number of hydrogen-bond donors (Lipinski definition) is 1. The van der Waals surface area contributed by atoms with Gasteiger partial charge in [-0.25, -0.2) is 4.39 Å². The Labute approximate surface area is 103 Å². The Kier molecular flexibility index (Phi) is 4.49. The van der Waals surface area contributed by atoms with Crippen molar-refractivity contribution < 1.29 is 4.39 Å². The van der Waals surface area contributed by atoms with Gasteiger partial charge in [-0.15, -0.1) is 0 Å². The van der Waals surface area contributed by atoms with Crippen LogP contribution >= 0.6 is 0 Å². The quantitative estimate of drug-likeness (QED) is 0.869. The highest BCUT2D eigenvalue weighted by atomic mass is 19.1. The Bertz CT molecular complexity index is 331. The molecule has 0 radical (unpaired) electrons. The smallest absolute Gasteiger partial charge is 0.121 e. The lowest BCUT2D eigenvalue weighted by Crippen LogP contribution is -2.42. The molecule has 2 atom stereocenters. The standard InChI is InChI=1S/C14H21FN2/c1-2-11-6-7-12(17-10-11)9-13(15)14-5-3-4-8-16-14/h6-7,10,13-14,16H,2-5,8-9H2,1H3. The molecule has 1 aromatic heterocycles. The number of aromatic nitrogens is 1. The summed E-state index contributed by atoms with van der Waals surface area (Å²) in [4.78, 5) is 4.32. The van der Waals surface area contributed by atoms with Crippen LogP contribution in [0.25, 0.3) is 0 Å². The maximum Gasteiger partial charge on any atom is 0.121 e. The van der Waals surface area contributed by atoms with E-state index in [2.05, 4.69) is 17.2 Å². The van der Waals surface area contributed by atoms with Crippen molar-refractivity contribution in [3.63, 3.8) is 0 Å². The van der Waals surface area contributed by atoms with E-state index in [1.54, 1.807) is 0 Å². The van der Waals surface area contributed by atoms with Gasteiger partial charge in [0.05, 0.1) is 0 Å². The summed E-state index contributed by atoms with van der Waals surface area (Å²) in [6, 6.07) is 4.02. The van der Waals surface area contributed by atoms with E-state index in [-0.39, 0.29) is 6.04 Å². The molecule has 1 aliphatic heterocycles. The van der Waals surface area contributed by atoms with Gasteiger partial charge in [0.2, 0.25) is 0 Å². The molecular formula is C14H21FN2. The molecule has 3 heteroatoms. The summed E-state index contributed by atoms with van der Waals surface area (Å²) in [5.41, 5.74) is 2.07. The van der Waals surface area contributed by atoms with Crippen LogP contribution in [0, 0.1) is 0 Å². The van der Waals surface area contributed by atoms with Crippen molar-refractivity contribution in [1.29, 1.82) is 0 Å². The first-order valence-electron chi connectivity index (χ1n) is 6.61. The van der Waals surface area contributed by atoms with Crippen LogP contribution in [-0.4, -0.2) is 23.7 Å². The lowest BCUT2D eigenvalue weighted by atomic mass is 9.98. The largest absolute Gasteiger partial charge is 0.311 e. The average molecular weight is 236 g/mol. The molecule has 17 heavy (non-hydrogen) atoms. The van der Waals surface area contributed by atoms with E-state index in [1.807, 2.05) is 18.3 Å². The molecule has 2 unspecified atom stereocenters. The summed E-state index contributed by atoms with van der Waals surface area (Å²) >= 11 is 0.